The Morgan fingerprint density at radius 3 is 2.57 bits per heavy atom. The Bertz CT molecular complexity index is 702. The highest BCUT2D eigenvalue weighted by molar-refractivity contribution is 8.03. The summed E-state index contributed by atoms with van der Waals surface area (Å²) in [6, 6.07) is -0.265. The molecule has 0 aliphatic carbocycles. The molecule has 30 heavy (non-hydrogen) atoms. The first-order valence-electron chi connectivity index (χ1n) is 10.1. The minimum Gasteiger partial charge on any atom is -0.477 e. The second-order valence-corrected chi connectivity index (χ2v) is 9.85. The number of carboxylic acid groups (broad SMARTS) is 1. The monoisotopic (exact) mass is 465 g/mol. The van der Waals surface area contributed by atoms with Crippen LogP contribution in [0.15, 0.2) is 10.6 Å². The maximum atomic E-state index is 12.4. The molecule has 4 aliphatic heterocycles. The number of amides is 1. The first kappa shape index (κ1) is 25.4. The van der Waals surface area contributed by atoms with Crippen LogP contribution in [-0.4, -0.2) is 86.7 Å². The largest absolute Gasteiger partial charge is 0.477 e. The summed E-state index contributed by atoms with van der Waals surface area (Å²) in [6.07, 6.45) is 0.547. The Balaban J connectivity index is 0.00000160. The van der Waals surface area contributed by atoms with Gasteiger partial charge in [-0.25, -0.2) is 4.79 Å². The molecule has 0 aromatic carbocycles. The summed E-state index contributed by atoms with van der Waals surface area (Å²) >= 11 is 1.52. The van der Waals surface area contributed by atoms with Crippen LogP contribution in [0.3, 0.4) is 0 Å². The number of carboxylic acids is 1. The number of hydrogen-bond acceptors (Lipinski definition) is 7. The van der Waals surface area contributed by atoms with Crippen LogP contribution < -0.4 is 10.6 Å². The van der Waals surface area contributed by atoms with E-state index >= 15 is 0 Å². The predicted molar refractivity (Wildman–Crippen MR) is 115 cm³/mol. The van der Waals surface area contributed by atoms with Crippen molar-refractivity contribution in [3.05, 3.63) is 10.6 Å². The summed E-state index contributed by atoms with van der Waals surface area (Å²) in [6.45, 7) is 6.00. The van der Waals surface area contributed by atoms with E-state index in [9.17, 15) is 24.9 Å². The second kappa shape index (κ2) is 9.72. The SMILES string of the molecule is C[C@@H](O)[C@H]1C(=O)N2C(C(=O)O)=C(S[C@@H]3CN[C@H]([C@H](O)C4CCNC4)C3)[C@H](C)[C@H]12.Cl.O. The summed E-state index contributed by atoms with van der Waals surface area (Å²) in [5, 5.41) is 37.2. The van der Waals surface area contributed by atoms with E-state index in [1.165, 1.54) is 16.7 Å². The number of nitrogens with zero attached hydrogens (tertiary/aromatic N) is 1. The van der Waals surface area contributed by atoms with Crippen molar-refractivity contribution in [3.8, 4) is 0 Å². The van der Waals surface area contributed by atoms with E-state index in [2.05, 4.69) is 10.6 Å². The van der Waals surface area contributed by atoms with Gasteiger partial charge in [0.25, 0.3) is 0 Å². The Morgan fingerprint density at radius 2 is 2.00 bits per heavy atom. The molecule has 4 rings (SSSR count). The van der Waals surface area contributed by atoms with E-state index in [-0.39, 0.29) is 58.7 Å². The van der Waals surface area contributed by atoms with Crippen LogP contribution in [0.4, 0.5) is 0 Å². The first-order chi connectivity index (χ1) is 13.3. The average Bonchev–Trinajstić information content (AvgIpc) is 3.35. The summed E-state index contributed by atoms with van der Waals surface area (Å²) in [5.74, 6) is -1.78. The smallest absolute Gasteiger partial charge is 0.353 e. The van der Waals surface area contributed by atoms with Crippen molar-refractivity contribution in [2.45, 2.75) is 56.2 Å². The van der Waals surface area contributed by atoms with Crippen LogP contribution in [0, 0.1) is 17.8 Å². The van der Waals surface area contributed by atoms with Gasteiger partial charge in [0.05, 0.1) is 24.2 Å². The minimum atomic E-state index is -1.09. The molecule has 4 heterocycles. The molecule has 0 saturated carbocycles. The standard InChI is InChI=1S/C19H29N3O5S.ClH.H2O/c1-8-14-13(9(2)23)18(25)22(14)15(19(26)27)17(8)28-11-5-12(21-7-11)16(24)10-3-4-20-6-10;;/h8-14,16,20-21,23-24H,3-7H2,1-2H3,(H,26,27);1H;1H2/t8-,9-,10?,11+,12+,13-,14-,16-;;/m1../s1. The predicted octanol–water partition coefficient (Wildman–Crippen LogP) is -0.829. The molecule has 7 N–H and O–H groups in total. The van der Waals surface area contributed by atoms with E-state index in [1.54, 1.807) is 6.92 Å². The molecule has 0 spiro atoms. The minimum absolute atomic E-state index is 0. The molecule has 0 aromatic heterocycles. The van der Waals surface area contributed by atoms with Crippen LogP contribution in [0.25, 0.3) is 0 Å². The fourth-order valence-corrected chi connectivity index (χ4v) is 6.73. The number of halogens is 1. The molecule has 0 radical (unpaired) electrons. The lowest BCUT2D eigenvalue weighted by Crippen LogP contribution is -2.63. The zero-order valence-electron chi connectivity index (χ0n) is 17.1. The Hall–Kier alpha value is -0.880. The van der Waals surface area contributed by atoms with Gasteiger partial charge in [-0.15, -0.1) is 24.2 Å². The molecular formula is C19H32ClN3O6S. The van der Waals surface area contributed by atoms with Crippen molar-refractivity contribution in [3.63, 3.8) is 0 Å². The van der Waals surface area contributed by atoms with Crippen LogP contribution in [0.2, 0.25) is 0 Å². The van der Waals surface area contributed by atoms with Crippen molar-refractivity contribution in [2.24, 2.45) is 17.8 Å². The van der Waals surface area contributed by atoms with Gasteiger partial charge in [0.1, 0.15) is 5.70 Å². The highest BCUT2D eigenvalue weighted by Crippen LogP contribution is 2.51. The van der Waals surface area contributed by atoms with E-state index < -0.39 is 24.1 Å². The van der Waals surface area contributed by atoms with Crippen LogP contribution >= 0.6 is 24.2 Å². The van der Waals surface area contributed by atoms with Crippen LogP contribution in [0.5, 0.6) is 0 Å². The van der Waals surface area contributed by atoms with Gasteiger partial charge in [0.2, 0.25) is 5.91 Å². The third-order valence-electron chi connectivity index (χ3n) is 6.72. The third-order valence-corrected chi connectivity index (χ3v) is 8.23. The van der Waals surface area contributed by atoms with Gasteiger partial charge in [0.15, 0.2) is 0 Å². The fourth-order valence-electron chi connectivity index (χ4n) is 5.24. The zero-order valence-corrected chi connectivity index (χ0v) is 18.7. The van der Waals surface area contributed by atoms with E-state index in [4.69, 9.17) is 0 Å². The fraction of sp³-hybridized carbons (Fsp3) is 0.789. The Labute approximate surface area is 186 Å². The number of fused-ring (bicyclic) bond motifs is 1. The van der Waals surface area contributed by atoms with Gasteiger partial charge >= 0.3 is 5.97 Å². The van der Waals surface area contributed by atoms with Gasteiger partial charge < -0.3 is 36.3 Å². The van der Waals surface area contributed by atoms with Crippen molar-refractivity contribution >= 4 is 36.0 Å². The molecule has 3 fully saturated rings. The Kier molecular flexibility index (Phi) is 8.23. The molecule has 1 amide bonds. The number of carbonyl (C=O) groups excluding carboxylic acids is 1. The van der Waals surface area contributed by atoms with Crippen molar-refractivity contribution in [2.75, 3.05) is 19.6 Å². The third kappa shape index (κ3) is 4.11. The number of rotatable bonds is 6. The number of β-lactam (4-membered cyclic amide) rings is 1. The highest BCUT2D eigenvalue weighted by atomic mass is 35.5. The number of aliphatic carboxylic acids is 1. The maximum absolute atomic E-state index is 12.4. The molecule has 1 unspecified atom stereocenters. The molecule has 8 atom stereocenters. The molecule has 9 nitrogen and oxygen atoms in total. The summed E-state index contributed by atoms with van der Waals surface area (Å²) in [4.78, 5) is 26.4. The van der Waals surface area contributed by atoms with Gasteiger partial charge in [-0.1, -0.05) is 6.92 Å². The summed E-state index contributed by atoms with van der Waals surface area (Å²) in [7, 11) is 0. The lowest BCUT2D eigenvalue weighted by molar-refractivity contribution is -0.163. The van der Waals surface area contributed by atoms with E-state index in [0.717, 1.165) is 30.8 Å². The van der Waals surface area contributed by atoms with Crippen molar-refractivity contribution in [1.29, 1.82) is 0 Å². The number of aliphatic hydroxyl groups excluding tert-OH is 2. The molecule has 172 valence electrons. The van der Waals surface area contributed by atoms with Crippen LogP contribution in [-0.2, 0) is 9.59 Å². The lowest BCUT2D eigenvalue weighted by Gasteiger charge is -2.46. The molecule has 4 aliphatic rings. The number of aliphatic hydroxyl groups is 2. The first-order valence-corrected chi connectivity index (χ1v) is 11.0. The number of carbonyl (C=O) groups is 2. The van der Waals surface area contributed by atoms with Crippen LogP contribution in [0.1, 0.15) is 26.7 Å². The van der Waals surface area contributed by atoms with E-state index in [0.29, 0.717) is 6.54 Å². The summed E-state index contributed by atoms with van der Waals surface area (Å²) in [5.41, 5.74) is 0.0772. The average molecular weight is 466 g/mol. The molecule has 0 bridgehead atoms. The van der Waals surface area contributed by atoms with Gasteiger partial charge in [0, 0.05) is 41.1 Å². The molecule has 0 aromatic rings. The number of hydrogen-bond donors (Lipinski definition) is 5. The highest BCUT2D eigenvalue weighted by Gasteiger charge is 2.60. The summed E-state index contributed by atoms with van der Waals surface area (Å²) < 4.78 is 0. The second-order valence-electron chi connectivity index (χ2n) is 8.51. The van der Waals surface area contributed by atoms with Crippen molar-refractivity contribution in [1.82, 2.24) is 15.5 Å². The van der Waals surface area contributed by atoms with Crippen molar-refractivity contribution < 1.29 is 30.4 Å². The topological polar surface area (TPSA) is 154 Å². The number of nitrogens with one attached hydrogen (secondary N) is 2. The Morgan fingerprint density at radius 1 is 1.30 bits per heavy atom. The molecule has 3 saturated heterocycles. The van der Waals surface area contributed by atoms with Gasteiger partial charge in [-0.3, -0.25) is 4.79 Å². The quantitative estimate of drug-likeness (QED) is 0.318. The number of thioether (sulfide) groups is 1. The maximum Gasteiger partial charge on any atom is 0.353 e. The van der Waals surface area contributed by atoms with E-state index in [1.807, 2.05) is 6.92 Å². The molecular weight excluding hydrogens is 434 g/mol. The normalized spacial score (nSPS) is 37.2. The molecule has 11 heteroatoms. The zero-order chi connectivity index (χ0) is 20.2. The lowest BCUT2D eigenvalue weighted by atomic mass is 9.79. The van der Waals surface area contributed by atoms with Gasteiger partial charge in [-0.2, -0.15) is 0 Å². The van der Waals surface area contributed by atoms with Gasteiger partial charge in [-0.05, 0) is 26.3 Å².